The first-order valence-corrected chi connectivity index (χ1v) is 8.81. The summed E-state index contributed by atoms with van der Waals surface area (Å²) in [7, 11) is 3.60. The van der Waals surface area contributed by atoms with Crippen LogP contribution in [0.15, 0.2) is 46.9 Å². The molecule has 0 bridgehead atoms. The van der Waals surface area contributed by atoms with Crippen molar-refractivity contribution in [2.45, 2.75) is 13.5 Å². The van der Waals surface area contributed by atoms with Gasteiger partial charge in [0.1, 0.15) is 0 Å². The summed E-state index contributed by atoms with van der Waals surface area (Å²) < 4.78 is 11.9. The average Bonchev–Trinajstić information content (AvgIpc) is 2.56. The Hall–Kier alpha value is -1.79. The largest absolute Gasteiger partial charge is 0.493 e. The van der Waals surface area contributed by atoms with Crippen molar-refractivity contribution in [2.24, 2.45) is 0 Å². The first-order valence-electron chi connectivity index (χ1n) is 7.61. The molecular formula is C18H21BrN2O2S. The molecule has 6 heteroatoms. The van der Waals surface area contributed by atoms with E-state index in [1.807, 2.05) is 61.3 Å². The van der Waals surface area contributed by atoms with Gasteiger partial charge in [-0.05, 0) is 55.0 Å². The van der Waals surface area contributed by atoms with Crippen LogP contribution in [0.25, 0.3) is 0 Å². The predicted octanol–water partition coefficient (Wildman–Crippen LogP) is 4.69. The lowest BCUT2D eigenvalue weighted by Crippen LogP contribution is -2.30. The van der Waals surface area contributed by atoms with E-state index >= 15 is 0 Å². The van der Waals surface area contributed by atoms with Crippen LogP contribution in [0.2, 0.25) is 0 Å². The summed E-state index contributed by atoms with van der Waals surface area (Å²) in [5.41, 5.74) is 2.04. The molecule has 0 atom stereocenters. The van der Waals surface area contributed by atoms with E-state index in [9.17, 15) is 0 Å². The highest BCUT2D eigenvalue weighted by Crippen LogP contribution is 2.28. The average molecular weight is 409 g/mol. The topological polar surface area (TPSA) is 33.7 Å². The third-order valence-corrected chi connectivity index (χ3v) is 4.28. The fraction of sp³-hybridized carbons (Fsp3) is 0.278. The third kappa shape index (κ3) is 5.11. The van der Waals surface area contributed by atoms with Gasteiger partial charge in [0.15, 0.2) is 16.6 Å². The van der Waals surface area contributed by atoms with Crippen LogP contribution in [0.1, 0.15) is 12.5 Å². The second kappa shape index (κ2) is 8.89. The van der Waals surface area contributed by atoms with Gasteiger partial charge in [-0.3, -0.25) is 0 Å². The molecule has 0 heterocycles. The predicted molar refractivity (Wildman–Crippen MR) is 106 cm³/mol. The third-order valence-electron chi connectivity index (χ3n) is 3.37. The Morgan fingerprint density at radius 3 is 2.67 bits per heavy atom. The summed E-state index contributed by atoms with van der Waals surface area (Å²) in [6.07, 6.45) is 0. The van der Waals surface area contributed by atoms with Crippen LogP contribution >= 0.6 is 28.1 Å². The maximum absolute atomic E-state index is 5.54. The summed E-state index contributed by atoms with van der Waals surface area (Å²) in [6.45, 7) is 3.23. The van der Waals surface area contributed by atoms with E-state index in [0.29, 0.717) is 18.3 Å². The number of benzene rings is 2. The molecule has 2 aromatic carbocycles. The molecule has 24 heavy (non-hydrogen) atoms. The molecule has 0 radical (unpaired) electrons. The Morgan fingerprint density at radius 2 is 2.00 bits per heavy atom. The van der Waals surface area contributed by atoms with E-state index < -0.39 is 0 Å². The van der Waals surface area contributed by atoms with Crippen molar-refractivity contribution in [1.82, 2.24) is 4.90 Å². The number of thiocarbonyl (C=S) groups is 1. The van der Waals surface area contributed by atoms with Crippen LogP contribution in [0.4, 0.5) is 5.69 Å². The zero-order valence-electron chi connectivity index (χ0n) is 14.0. The quantitative estimate of drug-likeness (QED) is 0.701. The van der Waals surface area contributed by atoms with Crippen molar-refractivity contribution >= 4 is 38.9 Å². The van der Waals surface area contributed by atoms with Gasteiger partial charge in [-0.2, -0.15) is 0 Å². The zero-order chi connectivity index (χ0) is 17.5. The minimum Gasteiger partial charge on any atom is -0.493 e. The van der Waals surface area contributed by atoms with E-state index in [1.165, 1.54) is 0 Å². The highest BCUT2D eigenvalue weighted by atomic mass is 79.9. The van der Waals surface area contributed by atoms with Gasteiger partial charge in [0.25, 0.3) is 0 Å². The summed E-state index contributed by atoms with van der Waals surface area (Å²) in [6, 6.07) is 13.8. The molecule has 0 aromatic heterocycles. The Kier molecular flexibility index (Phi) is 6.87. The lowest BCUT2D eigenvalue weighted by molar-refractivity contribution is 0.310. The van der Waals surface area contributed by atoms with E-state index in [1.54, 1.807) is 7.11 Å². The van der Waals surface area contributed by atoms with Crippen molar-refractivity contribution in [3.05, 3.63) is 52.5 Å². The number of halogens is 1. The van der Waals surface area contributed by atoms with Gasteiger partial charge in [0.05, 0.1) is 13.7 Å². The Morgan fingerprint density at radius 1 is 1.21 bits per heavy atom. The summed E-state index contributed by atoms with van der Waals surface area (Å²) in [5, 5.41) is 3.89. The van der Waals surface area contributed by atoms with Crippen LogP contribution in [0.3, 0.4) is 0 Å². The Bertz CT molecular complexity index is 709. The second-order valence-corrected chi connectivity index (χ2v) is 6.52. The van der Waals surface area contributed by atoms with Crippen LogP contribution in [0, 0.1) is 0 Å². The molecule has 0 aliphatic carbocycles. The molecule has 1 N–H and O–H groups in total. The highest BCUT2D eigenvalue weighted by molar-refractivity contribution is 9.10. The minimum absolute atomic E-state index is 0.607. The summed E-state index contributed by atoms with van der Waals surface area (Å²) >= 11 is 8.93. The molecule has 0 unspecified atom stereocenters. The standard InChI is InChI=1S/C18H21BrN2O2S/c1-4-23-16-9-8-13(10-17(16)22-3)12-21(2)18(24)20-15-7-5-6-14(19)11-15/h5-11H,4,12H2,1-3H3,(H,20,24). The summed E-state index contributed by atoms with van der Waals surface area (Å²) in [4.78, 5) is 1.98. The van der Waals surface area contributed by atoms with E-state index in [4.69, 9.17) is 21.7 Å². The fourth-order valence-electron chi connectivity index (χ4n) is 2.22. The van der Waals surface area contributed by atoms with E-state index in [2.05, 4.69) is 21.2 Å². The minimum atomic E-state index is 0.607. The van der Waals surface area contributed by atoms with Gasteiger partial charge in [-0.15, -0.1) is 0 Å². The SMILES string of the molecule is CCOc1ccc(CN(C)C(=S)Nc2cccc(Br)c2)cc1OC. The molecule has 0 amide bonds. The fourth-order valence-corrected chi connectivity index (χ4v) is 2.80. The first-order chi connectivity index (χ1) is 11.5. The molecule has 2 aromatic rings. The molecule has 0 saturated carbocycles. The maximum atomic E-state index is 5.54. The lowest BCUT2D eigenvalue weighted by Gasteiger charge is -2.22. The van der Waals surface area contributed by atoms with Crippen molar-refractivity contribution in [1.29, 1.82) is 0 Å². The maximum Gasteiger partial charge on any atom is 0.173 e. The Labute approximate surface area is 156 Å². The van der Waals surface area contributed by atoms with E-state index in [0.717, 1.165) is 27.2 Å². The van der Waals surface area contributed by atoms with Gasteiger partial charge < -0.3 is 19.7 Å². The molecule has 0 aliphatic rings. The molecule has 0 spiro atoms. The van der Waals surface area contributed by atoms with Gasteiger partial charge in [0, 0.05) is 23.8 Å². The number of ether oxygens (including phenoxy) is 2. The highest BCUT2D eigenvalue weighted by Gasteiger charge is 2.09. The molecule has 4 nitrogen and oxygen atoms in total. The number of hydrogen-bond donors (Lipinski definition) is 1. The van der Waals surface area contributed by atoms with Crippen LogP contribution in [-0.2, 0) is 6.54 Å². The van der Waals surface area contributed by atoms with Gasteiger partial charge >= 0.3 is 0 Å². The molecule has 0 aliphatic heterocycles. The molecule has 128 valence electrons. The molecule has 2 rings (SSSR count). The second-order valence-electron chi connectivity index (χ2n) is 5.21. The number of anilines is 1. The van der Waals surface area contributed by atoms with Gasteiger partial charge in [0.2, 0.25) is 0 Å². The van der Waals surface area contributed by atoms with E-state index in [-0.39, 0.29) is 0 Å². The van der Waals surface area contributed by atoms with Crippen molar-refractivity contribution < 1.29 is 9.47 Å². The van der Waals surface area contributed by atoms with Crippen molar-refractivity contribution in [3.63, 3.8) is 0 Å². The lowest BCUT2D eigenvalue weighted by atomic mass is 10.2. The van der Waals surface area contributed by atoms with Crippen LogP contribution in [0.5, 0.6) is 11.5 Å². The van der Waals surface area contributed by atoms with Crippen molar-refractivity contribution in [2.75, 3.05) is 26.1 Å². The normalized spacial score (nSPS) is 10.2. The molecule has 0 saturated heterocycles. The number of methoxy groups -OCH3 is 1. The Balaban J connectivity index is 2.03. The smallest absolute Gasteiger partial charge is 0.173 e. The molecular weight excluding hydrogens is 388 g/mol. The zero-order valence-corrected chi connectivity index (χ0v) is 16.4. The monoisotopic (exact) mass is 408 g/mol. The first kappa shape index (κ1) is 18.5. The van der Waals surface area contributed by atoms with Gasteiger partial charge in [-0.25, -0.2) is 0 Å². The number of nitrogens with one attached hydrogen (secondary N) is 1. The summed E-state index contributed by atoms with van der Waals surface area (Å²) in [5.74, 6) is 1.48. The van der Waals surface area contributed by atoms with Gasteiger partial charge in [-0.1, -0.05) is 28.1 Å². The van der Waals surface area contributed by atoms with Crippen LogP contribution in [-0.4, -0.2) is 30.8 Å². The molecule has 0 fully saturated rings. The van der Waals surface area contributed by atoms with Crippen LogP contribution < -0.4 is 14.8 Å². The van der Waals surface area contributed by atoms with Crippen molar-refractivity contribution in [3.8, 4) is 11.5 Å². The number of hydrogen-bond acceptors (Lipinski definition) is 3. The number of rotatable bonds is 6. The number of nitrogens with zero attached hydrogens (tertiary/aromatic N) is 1.